The fourth-order valence-electron chi connectivity index (χ4n) is 4.01. The number of nitrogens with zero attached hydrogens (tertiary/aromatic N) is 6. The lowest BCUT2D eigenvalue weighted by Gasteiger charge is -2.17. The first-order valence-corrected chi connectivity index (χ1v) is 13.9. The Labute approximate surface area is 230 Å². The predicted octanol–water partition coefficient (Wildman–Crippen LogP) is 6.30. The molecule has 1 N–H and O–H groups in total. The minimum Gasteiger partial charge on any atom is -0.478 e. The number of tetrazole rings is 1. The third-order valence-electron chi connectivity index (χ3n) is 6.06. The summed E-state index contributed by atoms with van der Waals surface area (Å²) in [5.41, 5.74) is 3.30. The van der Waals surface area contributed by atoms with Gasteiger partial charge in [0.2, 0.25) is 0 Å². The summed E-state index contributed by atoms with van der Waals surface area (Å²) in [6, 6.07) is 25.9. The second kappa shape index (κ2) is 12.7. The number of thioether (sulfide) groups is 1. The highest BCUT2D eigenvalue weighted by molar-refractivity contribution is 7.98. The van der Waals surface area contributed by atoms with Crippen molar-refractivity contribution < 1.29 is 4.74 Å². The second-order valence-electron chi connectivity index (χ2n) is 8.84. The smallest absolute Gasteiger partial charge is 0.194 e. The number of nitrogens with one attached hydrogen (secondary N) is 1. The van der Waals surface area contributed by atoms with Crippen LogP contribution in [0.1, 0.15) is 54.2 Å². The van der Waals surface area contributed by atoms with Gasteiger partial charge in [-0.3, -0.25) is 0 Å². The molecule has 5 aromatic rings. The molecule has 0 bridgehead atoms. The lowest BCUT2D eigenvalue weighted by atomic mass is 10.1. The fraction of sp³-hybridized carbons (Fsp3) is 0.250. The van der Waals surface area contributed by atoms with E-state index in [-0.39, 0.29) is 0 Å². The van der Waals surface area contributed by atoms with Gasteiger partial charge in [-0.05, 0) is 52.2 Å². The maximum Gasteiger partial charge on any atom is 0.194 e. The standard InChI is InChI=1S/C28H28ClN7OS/c1-2-3-9-25-30-33-28(38-19-21-10-14-23(29)15-11-21)36(25)18-20-12-16-24(17-13-20)37-26(27-31-34-35-32-27)22-7-5-4-6-8-22/h4-8,10-17,26H,2-3,9,18-19H2,1H3,(H,31,32,34,35). The van der Waals surface area contributed by atoms with Gasteiger partial charge in [-0.25, -0.2) is 5.10 Å². The maximum atomic E-state index is 6.31. The molecule has 8 nitrogen and oxygen atoms in total. The van der Waals surface area contributed by atoms with Crippen molar-refractivity contribution in [3.05, 3.63) is 112 Å². The molecule has 1 atom stereocenters. The number of halogens is 1. The quantitative estimate of drug-likeness (QED) is 0.184. The Hall–Kier alpha value is -3.69. The van der Waals surface area contributed by atoms with Gasteiger partial charge in [0.05, 0.1) is 6.54 Å². The Morgan fingerprint density at radius 2 is 1.68 bits per heavy atom. The van der Waals surface area contributed by atoms with Crippen molar-refractivity contribution in [3.63, 3.8) is 0 Å². The topological polar surface area (TPSA) is 94.4 Å². The zero-order valence-electron chi connectivity index (χ0n) is 21.0. The van der Waals surface area contributed by atoms with Crippen molar-refractivity contribution >= 4 is 23.4 Å². The van der Waals surface area contributed by atoms with E-state index in [1.807, 2.05) is 66.7 Å². The predicted molar refractivity (Wildman–Crippen MR) is 148 cm³/mol. The molecule has 38 heavy (non-hydrogen) atoms. The van der Waals surface area contributed by atoms with Gasteiger partial charge < -0.3 is 9.30 Å². The Morgan fingerprint density at radius 1 is 0.921 bits per heavy atom. The summed E-state index contributed by atoms with van der Waals surface area (Å²) in [7, 11) is 0. The Kier molecular flexibility index (Phi) is 8.67. The van der Waals surface area contributed by atoms with Crippen LogP contribution in [-0.4, -0.2) is 35.4 Å². The van der Waals surface area contributed by atoms with E-state index < -0.39 is 6.10 Å². The SMILES string of the molecule is CCCCc1nnc(SCc2ccc(Cl)cc2)n1Cc1ccc(OC(c2ccccc2)c2nnn[nH]2)cc1. The number of aromatic amines is 1. The van der Waals surface area contributed by atoms with Crippen LogP contribution >= 0.6 is 23.4 Å². The summed E-state index contributed by atoms with van der Waals surface area (Å²) in [6.07, 6.45) is 2.64. The lowest BCUT2D eigenvalue weighted by Crippen LogP contribution is -2.11. The van der Waals surface area contributed by atoms with Gasteiger partial charge in [-0.2, -0.15) is 0 Å². The first-order chi connectivity index (χ1) is 18.7. The molecule has 0 saturated heterocycles. The fourth-order valence-corrected chi connectivity index (χ4v) is 5.05. The number of aromatic nitrogens is 7. The zero-order chi connectivity index (χ0) is 26.2. The molecule has 5 rings (SSSR count). The molecule has 0 spiro atoms. The van der Waals surface area contributed by atoms with E-state index in [9.17, 15) is 0 Å². The average molecular weight is 546 g/mol. The molecule has 0 fully saturated rings. The molecular formula is C28H28ClN7OS. The Morgan fingerprint density at radius 3 is 2.39 bits per heavy atom. The van der Waals surface area contributed by atoms with Crippen molar-refractivity contribution in [2.45, 2.75) is 49.7 Å². The van der Waals surface area contributed by atoms with E-state index in [1.54, 1.807) is 11.8 Å². The van der Waals surface area contributed by atoms with Gasteiger partial charge in [-0.15, -0.1) is 15.3 Å². The highest BCUT2D eigenvalue weighted by Crippen LogP contribution is 2.28. The molecule has 2 aromatic heterocycles. The molecule has 10 heteroatoms. The number of ether oxygens (including phenoxy) is 1. The maximum absolute atomic E-state index is 6.31. The van der Waals surface area contributed by atoms with Crippen molar-refractivity contribution in [2.24, 2.45) is 0 Å². The van der Waals surface area contributed by atoms with Gasteiger partial charge in [-0.1, -0.05) is 91.3 Å². The Bertz CT molecular complexity index is 1410. The van der Waals surface area contributed by atoms with Gasteiger partial charge in [0.15, 0.2) is 17.1 Å². The van der Waals surface area contributed by atoms with E-state index in [4.69, 9.17) is 16.3 Å². The van der Waals surface area contributed by atoms with Crippen LogP contribution in [0.25, 0.3) is 0 Å². The average Bonchev–Trinajstić information content (AvgIpc) is 3.62. The van der Waals surface area contributed by atoms with Crippen LogP contribution in [-0.2, 0) is 18.7 Å². The van der Waals surface area contributed by atoms with Crippen molar-refractivity contribution in [1.82, 2.24) is 35.4 Å². The number of hydrogen-bond acceptors (Lipinski definition) is 7. The van der Waals surface area contributed by atoms with Crippen molar-refractivity contribution in [1.29, 1.82) is 0 Å². The van der Waals surface area contributed by atoms with Crippen molar-refractivity contribution in [3.8, 4) is 5.75 Å². The highest BCUT2D eigenvalue weighted by atomic mass is 35.5. The van der Waals surface area contributed by atoms with E-state index in [0.29, 0.717) is 12.4 Å². The largest absolute Gasteiger partial charge is 0.478 e. The van der Waals surface area contributed by atoms with Gasteiger partial charge in [0, 0.05) is 22.8 Å². The number of H-pyrrole nitrogens is 1. The zero-order valence-corrected chi connectivity index (χ0v) is 22.6. The number of benzene rings is 3. The van der Waals surface area contributed by atoms with Crippen molar-refractivity contribution in [2.75, 3.05) is 0 Å². The van der Waals surface area contributed by atoms with Crippen LogP contribution in [0.3, 0.4) is 0 Å². The number of rotatable bonds is 12. The molecule has 0 amide bonds. The van der Waals surface area contributed by atoms with Crippen LogP contribution in [0, 0.1) is 0 Å². The van der Waals surface area contributed by atoms with Crippen LogP contribution in [0.5, 0.6) is 5.75 Å². The van der Waals surface area contributed by atoms with Crippen LogP contribution < -0.4 is 4.74 Å². The highest BCUT2D eigenvalue weighted by Gasteiger charge is 2.20. The van der Waals surface area contributed by atoms with Gasteiger partial charge in [0.1, 0.15) is 11.6 Å². The molecule has 1 unspecified atom stereocenters. The first kappa shape index (κ1) is 25.9. The third-order valence-corrected chi connectivity index (χ3v) is 7.35. The lowest BCUT2D eigenvalue weighted by molar-refractivity contribution is 0.237. The molecule has 0 saturated carbocycles. The van der Waals surface area contributed by atoms with Gasteiger partial charge >= 0.3 is 0 Å². The molecule has 0 aliphatic rings. The van der Waals surface area contributed by atoms with E-state index in [2.05, 4.69) is 54.4 Å². The van der Waals surface area contributed by atoms with Crippen LogP contribution in [0.15, 0.2) is 84.0 Å². The van der Waals surface area contributed by atoms with E-state index >= 15 is 0 Å². The van der Waals surface area contributed by atoms with Crippen LogP contribution in [0.4, 0.5) is 0 Å². The van der Waals surface area contributed by atoms with Crippen LogP contribution in [0.2, 0.25) is 5.02 Å². The monoisotopic (exact) mass is 545 g/mol. The minimum absolute atomic E-state index is 0.439. The molecule has 2 heterocycles. The first-order valence-electron chi connectivity index (χ1n) is 12.5. The molecular weight excluding hydrogens is 518 g/mol. The summed E-state index contributed by atoms with van der Waals surface area (Å²) >= 11 is 7.73. The second-order valence-corrected chi connectivity index (χ2v) is 10.2. The normalized spacial score (nSPS) is 11.9. The molecule has 0 aliphatic carbocycles. The molecule has 0 aliphatic heterocycles. The number of aryl methyl sites for hydroxylation is 1. The Balaban J connectivity index is 1.32. The minimum atomic E-state index is -0.439. The summed E-state index contributed by atoms with van der Waals surface area (Å²) in [4.78, 5) is 0. The van der Waals surface area contributed by atoms with E-state index in [0.717, 1.165) is 57.9 Å². The van der Waals surface area contributed by atoms with Gasteiger partial charge in [0.25, 0.3) is 0 Å². The molecule has 194 valence electrons. The number of unbranched alkanes of at least 4 members (excludes halogenated alkanes) is 1. The summed E-state index contributed by atoms with van der Waals surface area (Å²) in [6.45, 7) is 2.87. The summed E-state index contributed by atoms with van der Waals surface area (Å²) in [5.74, 6) is 3.08. The van der Waals surface area contributed by atoms with E-state index in [1.165, 1.54) is 5.56 Å². The third kappa shape index (κ3) is 6.59. The summed E-state index contributed by atoms with van der Waals surface area (Å²) < 4.78 is 8.53. The summed E-state index contributed by atoms with van der Waals surface area (Å²) in [5, 5.41) is 25.0. The molecule has 0 radical (unpaired) electrons. The molecule has 3 aromatic carbocycles. The number of hydrogen-bond donors (Lipinski definition) is 1.